The van der Waals surface area contributed by atoms with Crippen LogP contribution in [0.25, 0.3) is 0 Å². The van der Waals surface area contributed by atoms with Crippen molar-refractivity contribution >= 4 is 46.9 Å². The van der Waals surface area contributed by atoms with Crippen molar-refractivity contribution in [3.8, 4) is 0 Å². The Labute approximate surface area is 164 Å². The fourth-order valence-corrected chi connectivity index (χ4v) is 2.44. The van der Waals surface area contributed by atoms with Gasteiger partial charge in [0.2, 0.25) is 0 Å². The van der Waals surface area contributed by atoms with Gasteiger partial charge in [-0.05, 0) is 30.3 Å². The predicted octanol–water partition coefficient (Wildman–Crippen LogP) is 2.22. The third-order valence-corrected chi connectivity index (χ3v) is 3.77. The maximum atomic E-state index is 12.0. The Bertz CT molecular complexity index is 871. The van der Waals surface area contributed by atoms with Gasteiger partial charge in [0.1, 0.15) is 6.54 Å². The lowest BCUT2D eigenvalue weighted by Gasteiger charge is -2.08. The molecule has 0 saturated heterocycles. The molecule has 0 fully saturated rings. The van der Waals surface area contributed by atoms with E-state index in [1.807, 2.05) is 0 Å². The number of hydrogen-bond donors (Lipinski definition) is 2. The Morgan fingerprint density at radius 2 is 1.63 bits per heavy atom. The molecular weight excluding hydrogens is 395 g/mol. The predicted molar refractivity (Wildman–Crippen MR) is 98.7 cm³/mol. The molecule has 140 valence electrons. The number of halogens is 2. The van der Waals surface area contributed by atoms with Crippen LogP contribution >= 0.6 is 23.2 Å². The van der Waals surface area contributed by atoms with Gasteiger partial charge in [-0.2, -0.15) is 0 Å². The smallest absolute Gasteiger partial charge is 0.325 e. The SMILES string of the molecule is O=C(COC(=O)CNC(=O)c1ccc(Cl)cc1Cl)NC(=O)c1ccccc1. The monoisotopic (exact) mass is 408 g/mol. The number of carbonyl (C=O) groups is 4. The van der Waals surface area contributed by atoms with E-state index in [4.69, 9.17) is 27.9 Å². The van der Waals surface area contributed by atoms with Gasteiger partial charge in [0.25, 0.3) is 17.7 Å². The molecule has 9 heteroatoms. The molecule has 0 bridgehead atoms. The summed E-state index contributed by atoms with van der Waals surface area (Å²) in [5.41, 5.74) is 0.435. The summed E-state index contributed by atoms with van der Waals surface area (Å²) in [4.78, 5) is 47.0. The first-order valence-electron chi connectivity index (χ1n) is 7.65. The average molecular weight is 409 g/mol. The highest BCUT2D eigenvalue weighted by atomic mass is 35.5. The summed E-state index contributed by atoms with van der Waals surface area (Å²) in [7, 11) is 0. The Kier molecular flexibility index (Phi) is 7.34. The molecule has 3 amide bonds. The Balaban J connectivity index is 1.75. The molecule has 0 aromatic heterocycles. The van der Waals surface area contributed by atoms with Crippen LogP contribution in [0.15, 0.2) is 48.5 Å². The van der Waals surface area contributed by atoms with Crippen LogP contribution in [0.3, 0.4) is 0 Å². The molecular formula is C18H14Cl2N2O5. The van der Waals surface area contributed by atoms with Crippen LogP contribution in [0.5, 0.6) is 0 Å². The van der Waals surface area contributed by atoms with E-state index < -0.39 is 36.8 Å². The normalized spacial score (nSPS) is 10.0. The summed E-state index contributed by atoms with van der Waals surface area (Å²) in [6.07, 6.45) is 0. The molecule has 0 spiro atoms. The average Bonchev–Trinajstić information content (AvgIpc) is 2.65. The number of nitrogens with one attached hydrogen (secondary N) is 2. The summed E-state index contributed by atoms with van der Waals surface area (Å²) in [5.74, 6) is -2.85. The number of rotatable bonds is 6. The van der Waals surface area contributed by atoms with Crippen molar-refractivity contribution in [2.45, 2.75) is 0 Å². The fourth-order valence-electron chi connectivity index (χ4n) is 1.94. The number of benzene rings is 2. The topological polar surface area (TPSA) is 102 Å². The number of hydrogen-bond acceptors (Lipinski definition) is 5. The van der Waals surface area contributed by atoms with Gasteiger partial charge < -0.3 is 10.1 Å². The van der Waals surface area contributed by atoms with Crippen LogP contribution in [-0.4, -0.2) is 36.8 Å². The van der Waals surface area contributed by atoms with Crippen molar-refractivity contribution in [1.29, 1.82) is 0 Å². The molecule has 0 atom stereocenters. The zero-order valence-electron chi connectivity index (χ0n) is 13.8. The summed E-state index contributed by atoms with van der Waals surface area (Å²) >= 11 is 11.6. The lowest BCUT2D eigenvalue weighted by molar-refractivity contribution is -0.147. The highest BCUT2D eigenvalue weighted by Crippen LogP contribution is 2.20. The molecule has 2 aromatic carbocycles. The van der Waals surface area contributed by atoms with Crippen molar-refractivity contribution in [2.24, 2.45) is 0 Å². The zero-order valence-corrected chi connectivity index (χ0v) is 15.3. The molecule has 0 aliphatic rings. The van der Waals surface area contributed by atoms with Gasteiger partial charge >= 0.3 is 5.97 Å². The van der Waals surface area contributed by atoms with Gasteiger partial charge in [-0.15, -0.1) is 0 Å². The lowest BCUT2D eigenvalue weighted by Crippen LogP contribution is -2.36. The van der Waals surface area contributed by atoms with Crippen LogP contribution in [0.4, 0.5) is 0 Å². The molecule has 0 aliphatic carbocycles. The molecule has 0 saturated carbocycles. The first kappa shape index (κ1) is 20.4. The van der Waals surface area contributed by atoms with Crippen molar-refractivity contribution in [3.05, 3.63) is 69.7 Å². The summed E-state index contributed by atoms with van der Waals surface area (Å²) in [6.45, 7) is -1.13. The molecule has 27 heavy (non-hydrogen) atoms. The quantitative estimate of drug-likeness (QED) is 0.713. The molecule has 0 heterocycles. The van der Waals surface area contributed by atoms with Gasteiger partial charge in [-0.1, -0.05) is 41.4 Å². The second kappa shape index (κ2) is 9.70. The maximum Gasteiger partial charge on any atom is 0.325 e. The van der Waals surface area contributed by atoms with E-state index in [1.165, 1.54) is 30.3 Å². The highest BCUT2D eigenvalue weighted by Gasteiger charge is 2.15. The van der Waals surface area contributed by atoms with E-state index in [0.29, 0.717) is 10.6 Å². The van der Waals surface area contributed by atoms with E-state index in [9.17, 15) is 19.2 Å². The van der Waals surface area contributed by atoms with Gasteiger partial charge in [0.05, 0.1) is 10.6 Å². The number of esters is 1. The molecule has 7 nitrogen and oxygen atoms in total. The summed E-state index contributed by atoms with van der Waals surface area (Å²) in [5, 5.41) is 4.89. The van der Waals surface area contributed by atoms with Crippen LogP contribution in [0.1, 0.15) is 20.7 Å². The van der Waals surface area contributed by atoms with Crippen molar-refractivity contribution in [1.82, 2.24) is 10.6 Å². The van der Waals surface area contributed by atoms with Crippen molar-refractivity contribution in [2.75, 3.05) is 13.2 Å². The van der Waals surface area contributed by atoms with Gasteiger partial charge in [-0.3, -0.25) is 24.5 Å². The standard InChI is InChI=1S/C18H14Cl2N2O5/c19-12-6-7-13(14(20)8-12)18(26)21-9-16(24)27-10-15(23)22-17(25)11-4-2-1-3-5-11/h1-8H,9-10H2,(H,21,26)(H,22,23,25). The number of ether oxygens (including phenoxy) is 1. The number of imide groups is 1. The van der Waals surface area contributed by atoms with Gasteiger partial charge in [-0.25, -0.2) is 0 Å². The minimum atomic E-state index is -0.851. The number of carbonyl (C=O) groups excluding carboxylic acids is 4. The molecule has 2 rings (SSSR count). The van der Waals surface area contributed by atoms with E-state index in [-0.39, 0.29) is 10.6 Å². The number of amides is 3. The fraction of sp³-hybridized carbons (Fsp3) is 0.111. The molecule has 2 aromatic rings. The third kappa shape index (κ3) is 6.40. The Hall–Kier alpha value is -2.90. The van der Waals surface area contributed by atoms with Gasteiger partial charge in [0, 0.05) is 10.6 Å². The maximum absolute atomic E-state index is 12.0. The molecule has 0 aliphatic heterocycles. The van der Waals surface area contributed by atoms with Crippen LogP contribution in [-0.2, 0) is 14.3 Å². The Morgan fingerprint density at radius 3 is 2.30 bits per heavy atom. The zero-order chi connectivity index (χ0) is 19.8. The van der Waals surface area contributed by atoms with E-state index in [2.05, 4.69) is 10.6 Å². The van der Waals surface area contributed by atoms with Crippen LogP contribution < -0.4 is 10.6 Å². The first-order valence-corrected chi connectivity index (χ1v) is 8.40. The van der Waals surface area contributed by atoms with E-state index >= 15 is 0 Å². The van der Waals surface area contributed by atoms with Crippen LogP contribution in [0.2, 0.25) is 10.0 Å². The second-order valence-corrected chi connectivity index (χ2v) is 6.05. The largest absolute Gasteiger partial charge is 0.454 e. The van der Waals surface area contributed by atoms with E-state index in [0.717, 1.165) is 0 Å². The Morgan fingerprint density at radius 1 is 0.926 bits per heavy atom. The molecule has 2 N–H and O–H groups in total. The van der Waals surface area contributed by atoms with Gasteiger partial charge in [0.15, 0.2) is 6.61 Å². The van der Waals surface area contributed by atoms with Crippen molar-refractivity contribution < 1.29 is 23.9 Å². The minimum Gasteiger partial charge on any atom is -0.454 e. The summed E-state index contributed by atoms with van der Waals surface area (Å²) in [6, 6.07) is 12.4. The molecule has 0 unspecified atom stereocenters. The lowest BCUT2D eigenvalue weighted by atomic mass is 10.2. The first-order chi connectivity index (χ1) is 12.9. The van der Waals surface area contributed by atoms with Crippen molar-refractivity contribution in [3.63, 3.8) is 0 Å². The van der Waals surface area contributed by atoms with E-state index in [1.54, 1.807) is 18.2 Å². The second-order valence-electron chi connectivity index (χ2n) is 5.21. The minimum absolute atomic E-state index is 0.132. The van der Waals surface area contributed by atoms with Crippen LogP contribution in [0, 0.1) is 0 Å². The highest BCUT2D eigenvalue weighted by molar-refractivity contribution is 6.36. The third-order valence-electron chi connectivity index (χ3n) is 3.22. The molecule has 0 radical (unpaired) electrons. The summed E-state index contributed by atoms with van der Waals surface area (Å²) < 4.78 is 4.70.